The molecule has 0 saturated carbocycles. The number of para-hydroxylation sites is 2. The average molecular weight is 333 g/mol. The summed E-state index contributed by atoms with van der Waals surface area (Å²) in [6.45, 7) is 5.04. The summed E-state index contributed by atoms with van der Waals surface area (Å²) in [4.78, 5) is 11.9. The summed E-state index contributed by atoms with van der Waals surface area (Å²) < 4.78 is 5.62. The van der Waals surface area contributed by atoms with Crippen molar-refractivity contribution in [2.45, 2.75) is 6.54 Å². The lowest BCUT2D eigenvalue weighted by Crippen LogP contribution is -2.21. The van der Waals surface area contributed by atoms with Gasteiger partial charge in [-0.25, -0.2) is 0 Å². The summed E-state index contributed by atoms with van der Waals surface area (Å²) >= 11 is 0. The van der Waals surface area contributed by atoms with Crippen LogP contribution in [0.2, 0.25) is 0 Å². The van der Waals surface area contributed by atoms with Gasteiger partial charge in [-0.2, -0.15) is 0 Å². The number of ether oxygens (including phenoxy) is 1. The number of carbonyl (C=O) groups is 1. The molecule has 0 aliphatic heterocycles. The van der Waals surface area contributed by atoms with E-state index in [0.29, 0.717) is 12.3 Å². The van der Waals surface area contributed by atoms with Gasteiger partial charge in [-0.1, -0.05) is 42.5 Å². The number of benzene rings is 2. The topological polar surface area (TPSA) is 50.4 Å². The first-order chi connectivity index (χ1) is 10.8. The summed E-state index contributed by atoms with van der Waals surface area (Å²) in [5.74, 6) is 0.530. The van der Waals surface area contributed by atoms with E-state index < -0.39 is 0 Å². The molecule has 0 atom stereocenters. The molecule has 2 rings (SSSR count). The zero-order valence-corrected chi connectivity index (χ0v) is 13.6. The Labute approximate surface area is 143 Å². The molecular weight excluding hydrogens is 312 g/mol. The summed E-state index contributed by atoms with van der Waals surface area (Å²) in [7, 11) is 0. The molecule has 1 amide bonds. The molecule has 0 saturated heterocycles. The maximum atomic E-state index is 11.9. The standard InChI is InChI=1S/C18H20N2O2.ClH/c1-2-12-19-13-15-8-6-7-11-17(15)22-14-18(21)20-16-9-4-3-5-10-16;/h2-11,19H,1,12-14H2,(H,20,21);1H. The Hall–Kier alpha value is -2.30. The van der Waals surface area contributed by atoms with E-state index in [-0.39, 0.29) is 24.9 Å². The molecule has 0 fully saturated rings. The van der Waals surface area contributed by atoms with Gasteiger partial charge in [0.25, 0.3) is 5.91 Å². The van der Waals surface area contributed by atoms with E-state index in [9.17, 15) is 4.79 Å². The van der Waals surface area contributed by atoms with Crippen LogP contribution in [0, 0.1) is 0 Å². The largest absolute Gasteiger partial charge is 0.483 e. The van der Waals surface area contributed by atoms with Crippen LogP contribution in [0.15, 0.2) is 67.3 Å². The second kappa shape index (κ2) is 10.4. The van der Waals surface area contributed by atoms with Gasteiger partial charge in [-0.15, -0.1) is 19.0 Å². The van der Waals surface area contributed by atoms with Crippen molar-refractivity contribution in [3.63, 3.8) is 0 Å². The van der Waals surface area contributed by atoms with Crippen LogP contribution in [0.4, 0.5) is 5.69 Å². The van der Waals surface area contributed by atoms with Crippen molar-refractivity contribution < 1.29 is 9.53 Å². The van der Waals surface area contributed by atoms with Gasteiger partial charge in [-0.3, -0.25) is 4.79 Å². The minimum atomic E-state index is -0.181. The van der Waals surface area contributed by atoms with Crippen molar-refractivity contribution in [2.24, 2.45) is 0 Å². The van der Waals surface area contributed by atoms with Gasteiger partial charge in [0.15, 0.2) is 6.61 Å². The molecule has 2 N–H and O–H groups in total. The summed E-state index contributed by atoms with van der Waals surface area (Å²) in [6, 6.07) is 17.0. The quantitative estimate of drug-likeness (QED) is 0.575. The number of anilines is 1. The minimum absolute atomic E-state index is 0. The highest BCUT2D eigenvalue weighted by Gasteiger charge is 2.06. The monoisotopic (exact) mass is 332 g/mol. The third kappa shape index (κ3) is 6.55. The van der Waals surface area contributed by atoms with E-state index in [1.165, 1.54) is 0 Å². The van der Waals surface area contributed by atoms with Gasteiger partial charge < -0.3 is 15.4 Å². The van der Waals surface area contributed by atoms with Crippen LogP contribution in [0.3, 0.4) is 0 Å². The number of hydrogen-bond acceptors (Lipinski definition) is 3. The van der Waals surface area contributed by atoms with E-state index in [1.54, 1.807) is 6.08 Å². The Kier molecular flexibility index (Phi) is 8.50. The van der Waals surface area contributed by atoms with Crippen LogP contribution >= 0.6 is 12.4 Å². The van der Waals surface area contributed by atoms with E-state index in [1.807, 2.05) is 54.6 Å². The molecule has 4 nitrogen and oxygen atoms in total. The average Bonchev–Trinajstić information content (AvgIpc) is 2.55. The predicted octanol–water partition coefficient (Wildman–Crippen LogP) is 3.40. The zero-order chi connectivity index (χ0) is 15.6. The molecule has 0 bridgehead atoms. The lowest BCUT2D eigenvalue weighted by molar-refractivity contribution is -0.118. The molecule has 0 radical (unpaired) electrons. The van der Waals surface area contributed by atoms with Gasteiger partial charge in [0, 0.05) is 24.3 Å². The Bertz CT molecular complexity index is 617. The molecule has 0 aliphatic carbocycles. The lowest BCUT2D eigenvalue weighted by atomic mass is 10.2. The molecule has 2 aromatic carbocycles. The highest BCUT2D eigenvalue weighted by atomic mass is 35.5. The molecular formula is C18H21ClN2O2. The summed E-state index contributed by atoms with van der Waals surface area (Å²) in [6.07, 6.45) is 1.80. The fourth-order valence-electron chi connectivity index (χ4n) is 1.96. The smallest absolute Gasteiger partial charge is 0.262 e. The van der Waals surface area contributed by atoms with Crippen molar-refractivity contribution in [1.82, 2.24) is 5.32 Å². The molecule has 0 unspecified atom stereocenters. The van der Waals surface area contributed by atoms with Crippen LogP contribution < -0.4 is 15.4 Å². The zero-order valence-electron chi connectivity index (χ0n) is 12.8. The van der Waals surface area contributed by atoms with E-state index in [4.69, 9.17) is 4.74 Å². The number of hydrogen-bond donors (Lipinski definition) is 2. The van der Waals surface area contributed by atoms with Crippen molar-refractivity contribution >= 4 is 24.0 Å². The molecule has 5 heteroatoms. The number of amides is 1. The highest BCUT2D eigenvalue weighted by Crippen LogP contribution is 2.17. The molecule has 0 aromatic heterocycles. The van der Waals surface area contributed by atoms with Gasteiger partial charge >= 0.3 is 0 Å². The van der Waals surface area contributed by atoms with E-state index >= 15 is 0 Å². The second-order valence-corrected chi connectivity index (χ2v) is 4.73. The molecule has 0 spiro atoms. The van der Waals surface area contributed by atoms with Crippen LogP contribution in [0.1, 0.15) is 5.56 Å². The molecule has 122 valence electrons. The number of rotatable bonds is 8. The maximum absolute atomic E-state index is 11.9. The highest BCUT2D eigenvalue weighted by molar-refractivity contribution is 5.91. The molecule has 0 heterocycles. The van der Waals surface area contributed by atoms with Crippen molar-refractivity contribution in [3.05, 3.63) is 72.8 Å². The normalized spacial score (nSPS) is 9.57. The summed E-state index contributed by atoms with van der Waals surface area (Å²) in [5, 5.41) is 6.01. The van der Waals surface area contributed by atoms with Gasteiger partial charge in [0.05, 0.1) is 0 Å². The second-order valence-electron chi connectivity index (χ2n) is 4.73. The molecule has 2 aromatic rings. The summed E-state index contributed by atoms with van der Waals surface area (Å²) in [5.41, 5.74) is 1.77. The number of halogens is 1. The van der Waals surface area contributed by atoms with Gasteiger partial charge in [0.1, 0.15) is 5.75 Å². The fraction of sp³-hybridized carbons (Fsp3) is 0.167. The first kappa shape index (κ1) is 18.7. The third-order valence-corrected chi connectivity index (χ3v) is 2.99. The van der Waals surface area contributed by atoms with Crippen LogP contribution in [-0.4, -0.2) is 19.1 Å². The third-order valence-electron chi connectivity index (χ3n) is 2.99. The maximum Gasteiger partial charge on any atom is 0.262 e. The van der Waals surface area contributed by atoms with Gasteiger partial charge in [-0.05, 0) is 18.2 Å². The fourth-order valence-corrected chi connectivity index (χ4v) is 1.96. The number of nitrogens with one attached hydrogen (secondary N) is 2. The Morgan fingerprint density at radius 1 is 1.09 bits per heavy atom. The lowest BCUT2D eigenvalue weighted by Gasteiger charge is -2.12. The van der Waals surface area contributed by atoms with Crippen molar-refractivity contribution in [1.29, 1.82) is 0 Å². The minimum Gasteiger partial charge on any atom is -0.483 e. The first-order valence-electron chi connectivity index (χ1n) is 7.17. The van der Waals surface area contributed by atoms with Gasteiger partial charge in [0.2, 0.25) is 0 Å². The van der Waals surface area contributed by atoms with E-state index in [0.717, 1.165) is 17.8 Å². The van der Waals surface area contributed by atoms with E-state index in [2.05, 4.69) is 17.2 Å². The Morgan fingerprint density at radius 3 is 2.52 bits per heavy atom. The number of carbonyl (C=O) groups excluding carboxylic acids is 1. The Balaban J connectivity index is 0.00000264. The molecule has 0 aliphatic rings. The molecule has 23 heavy (non-hydrogen) atoms. The van der Waals surface area contributed by atoms with Crippen LogP contribution in [0.25, 0.3) is 0 Å². The Morgan fingerprint density at radius 2 is 1.78 bits per heavy atom. The van der Waals surface area contributed by atoms with Crippen molar-refractivity contribution in [2.75, 3.05) is 18.5 Å². The van der Waals surface area contributed by atoms with Crippen LogP contribution in [-0.2, 0) is 11.3 Å². The predicted molar refractivity (Wildman–Crippen MR) is 96.2 cm³/mol. The SMILES string of the molecule is C=CCNCc1ccccc1OCC(=O)Nc1ccccc1.Cl. The van der Waals surface area contributed by atoms with Crippen LogP contribution in [0.5, 0.6) is 5.75 Å². The first-order valence-corrected chi connectivity index (χ1v) is 7.17. The van der Waals surface area contributed by atoms with Crippen molar-refractivity contribution in [3.8, 4) is 5.75 Å².